The van der Waals surface area contributed by atoms with Crippen molar-refractivity contribution >= 4 is 22.7 Å². The number of carbonyl (C=O) groups excluding carboxylic acids is 2. The number of benzene rings is 2. The van der Waals surface area contributed by atoms with Crippen LogP contribution in [0.3, 0.4) is 0 Å². The van der Waals surface area contributed by atoms with Gasteiger partial charge in [-0.1, -0.05) is 48.5 Å². The molecule has 0 unspecified atom stereocenters. The zero-order valence-electron chi connectivity index (χ0n) is 14.4. The second-order valence-corrected chi connectivity index (χ2v) is 6.00. The zero-order chi connectivity index (χ0) is 18.3. The van der Waals surface area contributed by atoms with E-state index in [0.717, 1.165) is 22.3 Å². The van der Waals surface area contributed by atoms with Crippen molar-refractivity contribution in [2.24, 2.45) is 0 Å². The number of Topliss-reactive ketones (excluding diaryl/α,β-unsaturated/α-hetero) is 2. The van der Waals surface area contributed by atoms with E-state index < -0.39 is 0 Å². The number of carbonyl (C=O) groups is 2. The van der Waals surface area contributed by atoms with Crippen LogP contribution in [0.25, 0.3) is 11.1 Å². The summed E-state index contributed by atoms with van der Waals surface area (Å²) in [6, 6.07) is 14.8. The third-order valence-corrected chi connectivity index (χ3v) is 4.65. The fraction of sp³-hybridized carbons (Fsp3) is 0.0909. The van der Waals surface area contributed by atoms with Gasteiger partial charge in [-0.2, -0.15) is 0 Å². The predicted octanol–water partition coefficient (Wildman–Crippen LogP) is 4.05. The van der Waals surface area contributed by atoms with Crippen molar-refractivity contribution in [1.29, 1.82) is 0 Å². The van der Waals surface area contributed by atoms with E-state index in [2.05, 4.69) is 0 Å². The monoisotopic (exact) mass is 344 g/mol. The van der Waals surface area contributed by atoms with Gasteiger partial charge in [0.25, 0.3) is 0 Å². The summed E-state index contributed by atoms with van der Waals surface area (Å²) < 4.78 is 10.6. The molecule has 128 valence electrons. The van der Waals surface area contributed by atoms with Crippen LogP contribution in [0.15, 0.2) is 72.2 Å². The maximum absolute atomic E-state index is 12.6. The second-order valence-electron chi connectivity index (χ2n) is 6.00. The first kappa shape index (κ1) is 16.1. The summed E-state index contributed by atoms with van der Waals surface area (Å²) >= 11 is 0. The summed E-state index contributed by atoms with van der Waals surface area (Å²) in [6.07, 6.45) is 3.46. The topological polar surface area (TPSA) is 52.6 Å². The number of rotatable bonds is 2. The van der Waals surface area contributed by atoms with Gasteiger partial charge in [-0.25, -0.2) is 0 Å². The van der Waals surface area contributed by atoms with Crippen LogP contribution < -0.4 is 0 Å². The molecule has 0 radical (unpaired) electrons. The molecular formula is C22H16O4. The van der Waals surface area contributed by atoms with Crippen molar-refractivity contribution < 1.29 is 19.1 Å². The second kappa shape index (κ2) is 6.15. The van der Waals surface area contributed by atoms with Gasteiger partial charge in [0, 0.05) is 11.1 Å². The Bertz CT molecular complexity index is 954. The highest BCUT2D eigenvalue weighted by atomic mass is 16.5. The normalized spacial score (nSPS) is 18.5. The third-order valence-electron chi connectivity index (χ3n) is 4.65. The number of hydrogen-bond donors (Lipinski definition) is 0. The lowest BCUT2D eigenvalue weighted by Crippen LogP contribution is -2.16. The molecule has 0 bridgehead atoms. The highest BCUT2D eigenvalue weighted by Crippen LogP contribution is 2.39. The Balaban J connectivity index is 2.09. The molecule has 2 aliphatic carbocycles. The van der Waals surface area contributed by atoms with Gasteiger partial charge in [-0.3, -0.25) is 9.59 Å². The Morgan fingerprint density at radius 1 is 0.577 bits per heavy atom. The van der Waals surface area contributed by atoms with Gasteiger partial charge in [0.1, 0.15) is 0 Å². The molecule has 26 heavy (non-hydrogen) atoms. The zero-order valence-corrected chi connectivity index (χ0v) is 14.4. The average molecular weight is 344 g/mol. The average Bonchev–Trinajstić information content (AvgIpc) is 2.69. The van der Waals surface area contributed by atoms with Crippen LogP contribution in [-0.2, 0) is 9.47 Å². The number of allylic oxidation sites excluding steroid dienone is 6. The molecule has 0 N–H and O–H groups in total. The molecule has 4 rings (SSSR count). The van der Waals surface area contributed by atoms with E-state index in [1.54, 1.807) is 24.3 Å². The summed E-state index contributed by atoms with van der Waals surface area (Å²) in [5.41, 5.74) is 4.43. The molecule has 0 aliphatic heterocycles. The van der Waals surface area contributed by atoms with Gasteiger partial charge in [0.15, 0.2) is 11.5 Å². The standard InChI is InChI=1S/C22H16O4/c1-25-19-11-17(13-7-3-5-9-15(13)21(19)23)18-12-20(26-2)22(24)16-10-6-4-8-14(16)18/h3-12H,1-2H3. The number of fused-ring (bicyclic) bond motifs is 2. The first-order valence-corrected chi connectivity index (χ1v) is 8.19. The van der Waals surface area contributed by atoms with Gasteiger partial charge in [0.05, 0.1) is 14.2 Å². The van der Waals surface area contributed by atoms with Crippen molar-refractivity contribution in [3.8, 4) is 0 Å². The Hall–Kier alpha value is -3.40. The van der Waals surface area contributed by atoms with E-state index in [9.17, 15) is 9.59 Å². The molecule has 0 saturated heterocycles. The largest absolute Gasteiger partial charge is 0.493 e. The van der Waals surface area contributed by atoms with Gasteiger partial charge >= 0.3 is 0 Å². The third kappa shape index (κ3) is 2.30. The quantitative estimate of drug-likeness (QED) is 0.825. The predicted molar refractivity (Wildman–Crippen MR) is 98.5 cm³/mol. The minimum atomic E-state index is -0.149. The van der Waals surface area contributed by atoms with Crippen molar-refractivity contribution in [3.05, 3.63) is 94.5 Å². The van der Waals surface area contributed by atoms with Crippen molar-refractivity contribution in [1.82, 2.24) is 0 Å². The molecule has 0 aromatic heterocycles. The minimum absolute atomic E-state index is 0.149. The molecule has 0 atom stereocenters. The molecule has 0 fully saturated rings. The van der Waals surface area contributed by atoms with Crippen molar-refractivity contribution in [3.63, 3.8) is 0 Å². The Morgan fingerprint density at radius 2 is 0.923 bits per heavy atom. The minimum Gasteiger partial charge on any atom is -0.493 e. The van der Waals surface area contributed by atoms with Crippen LogP contribution in [0.1, 0.15) is 31.8 Å². The van der Waals surface area contributed by atoms with Crippen molar-refractivity contribution in [2.75, 3.05) is 14.2 Å². The maximum atomic E-state index is 12.6. The summed E-state index contributed by atoms with van der Waals surface area (Å²) in [7, 11) is 2.96. The fourth-order valence-electron chi connectivity index (χ4n) is 3.40. The number of methoxy groups -OCH3 is 2. The highest BCUT2D eigenvalue weighted by Gasteiger charge is 2.30. The lowest BCUT2D eigenvalue weighted by Gasteiger charge is -2.23. The molecular weight excluding hydrogens is 328 g/mol. The van der Waals surface area contributed by atoms with Crippen LogP contribution in [0, 0.1) is 0 Å². The van der Waals surface area contributed by atoms with E-state index in [1.807, 2.05) is 36.4 Å². The Morgan fingerprint density at radius 3 is 1.27 bits per heavy atom. The first-order chi connectivity index (χ1) is 12.7. The molecule has 4 heteroatoms. The van der Waals surface area contributed by atoms with E-state index in [4.69, 9.17) is 9.47 Å². The number of hydrogen-bond acceptors (Lipinski definition) is 4. The van der Waals surface area contributed by atoms with Gasteiger partial charge < -0.3 is 9.47 Å². The SMILES string of the molecule is COC1=CC(=C2C=C(OC)C(=O)c3ccccc32)c2ccccc2C1=O. The van der Waals surface area contributed by atoms with Crippen molar-refractivity contribution in [2.45, 2.75) is 0 Å². The lowest BCUT2D eigenvalue weighted by atomic mass is 9.82. The first-order valence-electron chi connectivity index (χ1n) is 8.19. The maximum Gasteiger partial charge on any atom is 0.228 e. The van der Waals surface area contributed by atoms with Gasteiger partial charge in [-0.15, -0.1) is 0 Å². The Kier molecular flexibility index (Phi) is 3.81. The van der Waals surface area contributed by atoms with Crippen LogP contribution in [0.4, 0.5) is 0 Å². The van der Waals surface area contributed by atoms with E-state index in [1.165, 1.54) is 14.2 Å². The lowest BCUT2D eigenvalue weighted by molar-refractivity contribution is 0.0944. The molecule has 0 saturated carbocycles. The van der Waals surface area contributed by atoms with Crippen LogP contribution >= 0.6 is 0 Å². The summed E-state index contributed by atoms with van der Waals surface area (Å²) in [5.74, 6) is 0.244. The number of ether oxygens (including phenoxy) is 2. The fourth-order valence-corrected chi connectivity index (χ4v) is 3.40. The molecule has 0 spiro atoms. The van der Waals surface area contributed by atoms with Gasteiger partial charge in [-0.05, 0) is 34.4 Å². The summed E-state index contributed by atoms with van der Waals surface area (Å²) in [4.78, 5) is 25.2. The van der Waals surface area contributed by atoms with Crippen LogP contribution in [0.5, 0.6) is 0 Å². The van der Waals surface area contributed by atoms with Crippen LogP contribution in [-0.4, -0.2) is 25.8 Å². The summed E-state index contributed by atoms with van der Waals surface area (Å²) in [5, 5.41) is 0. The summed E-state index contributed by atoms with van der Waals surface area (Å²) in [6.45, 7) is 0. The molecule has 0 heterocycles. The van der Waals surface area contributed by atoms with E-state index in [-0.39, 0.29) is 23.1 Å². The van der Waals surface area contributed by atoms with E-state index >= 15 is 0 Å². The van der Waals surface area contributed by atoms with Gasteiger partial charge in [0.2, 0.25) is 11.6 Å². The highest BCUT2D eigenvalue weighted by molar-refractivity contribution is 6.22. The smallest absolute Gasteiger partial charge is 0.228 e. The molecule has 2 aromatic carbocycles. The van der Waals surface area contributed by atoms with E-state index in [0.29, 0.717) is 11.1 Å². The molecule has 2 aliphatic rings. The van der Waals surface area contributed by atoms with Crippen LogP contribution in [0.2, 0.25) is 0 Å². The molecule has 0 amide bonds. The molecule has 4 nitrogen and oxygen atoms in total. The molecule has 2 aromatic rings. The number of ketones is 2. The Labute approximate surface area is 151 Å².